The number of ether oxygens (including phenoxy) is 2. The molecular formula is C22H29N3O5. The molecule has 30 heavy (non-hydrogen) atoms. The molecule has 2 unspecified atom stereocenters. The summed E-state index contributed by atoms with van der Waals surface area (Å²) in [5.41, 5.74) is 1.07. The first-order chi connectivity index (χ1) is 14.6. The molecule has 3 heterocycles. The largest absolute Gasteiger partial charge is 0.478 e. The van der Waals surface area contributed by atoms with Crippen LogP contribution in [0.3, 0.4) is 0 Å². The lowest BCUT2D eigenvalue weighted by molar-refractivity contribution is -0.134. The molecule has 0 aromatic heterocycles. The maximum atomic E-state index is 13.0. The van der Waals surface area contributed by atoms with Crippen LogP contribution in [0.1, 0.15) is 45.4 Å². The van der Waals surface area contributed by atoms with Gasteiger partial charge in [0.05, 0.1) is 5.69 Å². The van der Waals surface area contributed by atoms with Gasteiger partial charge in [0.2, 0.25) is 5.91 Å². The monoisotopic (exact) mass is 415 g/mol. The Morgan fingerprint density at radius 1 is 1.17 bits per heavy atom. The van der Waals surface area contributed by atoms with Crippen LogP contribution in [-0.2, 0) is 19.1 Å². The number of carbonyl (C=O) groups excluding carboxylic acids is 3. The molecule has 0 saturated carbocycles. The second-order valence-corrected chi connectivity index (χ2v) is 8.05. The highest BCUT2D eigenvalue weighted by Gasteiger charge is 2.36. The maximum absolute atomic E-state index is 13.0. The van der Waals surface area contributed by atoms with Crippen LogP contribution < -0.4 is 15.0 Å². The van der Waals surface area contributed by atoms with E-state index in [9.17, 15) is 14.4 Å². The fourth-order valence-electron chi connectivity index (χ4n) is 4.21. The zero-order chi connectivity index (χ0) is 21.1. The number of amides is 3. The van der Waals surface area contributed by atoms with Crippen molar-refractivity contribution in [1.29, 1.82) is 0 Å². The van der Waals surface area contributed by atoms with Crippen LogP contribution in [0.2, 0.25) is 0 Å². The maximum Gasteiger partial charge on any atom is 0.268 e. The second kappa shape index (κ2) is 9.04. The Labute approximate surface area is 176 Å². The number of rotatable bonds is 5. The Balaban J connectivity index is 1.55. The molecule has 0 spiro atoms. The van der Waals surface area contributed by atoms with E-state index in [0.29, 0.717) is 36.6 Å². The summed E-state index contributed by atoms with van der Waals surface area (Å²) in [7, 11) is 0. The van der Waals surface area contributed by atoms with E-state index in [1.807, 2.05) is 11.8 Å². The number of nitrogens with zero attached hydrogens (tertiary/aromatic N) is 2. The van der Waals surface area contributed by atoms with Crippen LogP contribution in [-0.4, -0.2) is 61.1 Å². The summed E-state index contributed by atoms with van der Waals surface area (Å²) in [6.07, 6.45) is 4.16. The van der Waals surface area contributed by atoms with Crippen molar-refractivity contribution in [3.8, 4) is 5.75 Å². The van der Waals surface area contributed by atoms with Crippen molar-refractivity contribution in [3.05, 3.63) is 18.2 Å². The number of likely N-dealkylation sites (tertiary alicyclic amines) is 1. The van der Waals surface area contributed by atoms with Gasteiger partial charge in [0.1, 0.15) is 18.4 Å². The highest BCUT2D eigenvalue weighted by atomic mass is 16.5. The minimum Gasteiger partial charge on any atom is -0.478 e. The molecule has 3 aliphatic heterocycles. The summed E-state index contributed by atoms with van der Waals surface area (Å²) >= 11 is 0. The molecule has 2 fully saturated rings. The van der Waals surface area contributed by atoms with E-state index in [-0.39, 0.29) is 24.3 Å². The number of piperidine rings is 1. The fraction of sp³-hybridized carbons (Fsp3) is 0.591. The number of nitrogens with one attached hydrogen (secondary N) is 1. The van der Waals surface area contributed by atoms with Crippen LogP contribution in [0.5, 0.6) is 5.75 Å². The number of hydrogen-bond donors (Lipinski definition) is 1. The third-order valence-corrected chi connectivity index (χ3v) is 5.92. The number of benzene rings is 1. The van der Waals surface area contributed by atoms with Gasteiger partial charge in [-0.2, -0.15) is 0 Å². The first-order valence-electron chi connectivity index (χ1n) is 10.9. The molecule has 8 heteroatoms. The summed E-state index contributed by atoms with van der Waals surface area (Å²) < 4.78 is 11.3. The van der Waals surface area contributed by atoms with E-state index < -0.39 is 12.2 Å². The Kier molecular flexibility index (Phi) is 6.22. The zero-order valence-electron chi connectivity index (χ0n) is 17.4. The van der Waals surface area contributed by atoms with E-state index >= 15 is 0 Å². The van der Waals surface area contributed by atoms with Gasteiger partial charge < -0.3 is 19.7 Å². The molecule has 162 valence electrons. The average Bonchev–Trinajstić information content (AvgIpc) is 3.31. The predicted molar refractivity (Wildman–Crippen MR) is 112 cm³/mol. The van der Waals surface area contributed by atoms with Gasteiger partial charge in [0.15, 0.2) is 6.10 Å². The first-order valence-corrected chi connectivity index (χ1v) is 10.9. The molecule has 1 N–H and O–H groups in total. The third kappa shape index (κ3) is 4.28. The van der Waals surface area contributed by atoms with Gasteiger partial charge in [-0.3, -0.25) is 19.3 Å². The Morgan fingerprint density at radius 3 is 2.67 bits per heavy atom. The smallest absolute Gasteiger partial charge is 0.268 e. The van der Waals surface area contributed by atoms with Gasteiger partial charge in [-0.15, -0.1) is 0 Å². The van der Waals surface area contributed by atoms with E-state index in [1.165, 1.54) is 4.90 Å². The van der Waals surface area contributed by atoms with Crippen molar-refractivity contribution in [1.82, 2.24) is 4.90 Å². The van der Waals surface area contributed by atoms with Gasteiger partial charge in [-0.05, 0) is 56.7 Å². The van der Waals surface area contributed by atoms with Crippen molar-refractivity contribution < 1.29 is 23.9 Å². The standard InChI is InChI=1S/C22H29N3O5/c1-2-17-22(28)25(14-20(26)24-10-4-3-5-11-24)16-13-15(8-9-18(16)30-17)23-21(27)19-7-6-12-29-19/h8-9,13,17,19H,2-7,10-12,14H2,1H3,(H,23,27). The van der Waals surface area contributed by atoms with Crippen molar-refractivity contribution in [2.75, 3.05) is 36.5 Å². The van der Waals surface area contributed by atoms with Crippen LogP contribution in [0, 0.1) is 0 Å². The average molecular weight is 415 g/mol. The van der Waals surface area contributed by atoms with E-state index in [2.05, 4.69) is 5.32 Å². The van der Waals surface area contributed by atoms with Gasteiger partial charge >= 0.3 is 0 Å². The van der Waals surface area contributed by atoms with Crippen LogP contribution >= 0.6 is 0 Å². The lowest BCUT2D eigenvalue weighted by Gasteiger charge is -2.36. The summed E-state index contributed by atoms with van der Waals surface area (Å²) in [4.78, 5) is 41.6. The molecular weight excluding hydrogens is 386 g/mol. The Morgan fingerprint density at radius 2 is 1.97 bits per heavy atom. The van der Waals surface area contributed by atoms with Gasteiger partial charge in [0.25, 0.3) is 11.8 Å². The number of carbonyl (C=O) groups is 3. The van der Waals surface area contributed by atoms with Crippen molar-refractivity contribution in [2.24, 2.45) is 0 Å². The minimum atomic E-state index is -0.612. The Hall–Kier alpha value is -2.61. The van der Waals surface area contributed by atoms with E-state index in [0.717, 1.165) is 38.8 Å². The van der Waals surface area contributed by atoms with Crippen LogP contribution in [0.15, 0.2) is 18.2 Å². The topological polar surface area (TPSA) is 88.2 Å². The summed E-state index contributed by atoms with van der Waals surface area (Å²) in [6, 6.07) is 5.20. The molecule has 0 bridgehead atoms. The highest BCUT2D eigenvalue weighted by Crippen LogP contribution is 2.37. The molecule has 3 aliphatic rings. The molecule has 3 amide bonds. The minimum absolute atomic E-state index is 0.0190. The second-order valence-electron chi connectivity index (χ2n) is 8.05. The fourth-order valence-corrected chi connectivity index (χ4v) is 4.21. The SMILES string of the molecule is CCC1Oc2ccc(NC(=O)C3CCCO3)cc2N(CC(=O)N2CCCCC2)C1=O. The molecule has 1 aromatic rings. The third-order valence-electron chi connectivity index (χ3n) is 5.92. The number of fused-ring (bicyclic) bond motifs is 1. The number of hydrogen-bond acceptors (Lipinski definition) is 5. The van der Waals surface area contributed by atoms with Crippen molar-refractivity contribution in [2.45, 2.75) is 57.7 Å². The van der Waals surface area contributed by atoms with Crippen molar-refractivity contribution >= 4 is 29.1 Å². The summed E-state index contributed by atoms with van der Waals surface area (Å²) in [6.45, 7) is 3.93. The van der Waals surface area contributed by atoms with E-state index in [4.69, 9.17) is 9.47 Å². The van der Waals surface area contributed by atoms with Crippen molar-refractivity contribution in [3.63, 3.8) is 0 Å². The van der Waals surface area contributed by atoms with Gasteiger partial charge in [-0.25, -0.2) is 0 Å². The quantitative estimate of drug-likeness (QED) is 0.797. The lowest BCUT2D eigenvalue weighted by Crippen LogP contribution is -2.51. The molecule has 0 aliphatic carbocycles. The van der Waals surface area contributed by atoms with Crippen LogP contribution in [0.25, 0.3) is 0 Å². The van der Waals surface area contributed by atoms with Crippen LogP contribution in [0.4, 0.5) is 11.4 Å². The molecule has 2 saturated heterocycles. The highest BCUT2D eigenvalue weighted by molar-refractivity contribution is 6.05. The molecule has 1 aromatic carbocycles. The molecule has 2 atom stereocenters. The van der Waals surface area contributed by atoms with Gasteiger partial charge in [-0.1, -0.05) is 6.92 Å². The Bertz CT molecular complexity index is 815. The number of anilines is 2. The zero-order valence-corrected chi connectivity index (χ0v) is 17.4. The van der Waals surface area contributed by atoms with Gasteiger partial charge in [0, 0.05) is 25.4 Å². The first kappa shape index (κ1) is 20.7. The lowest BCUT2D eigenvalue weighted by atomic mass is 10.1. The predicted octanol–water partition coefficient (Wildman–Crippen LogP) is 2.32. The summed E-state index contributed by atoms with van der Waals surface area (Å²) in [5, 5.41) is 2.86. The molecule has 0 radical (unpaired) electrons. The summed E-state index contributed by atoms with van der Waals surface area (Å²) in [5.74, 6) is 0.0680. The van der Waals surface area contributed by atoms with E-state index in [1.54, 1.807) is 18.2 Å². The normalized spacial score (nSPS) is 23.7. The molecule has 4 rings (SSSR count). The molecule has 8 nitrogen and oxygen atoms in total.